The summed E-state index contributed by atoms with van der Waals surface area (Å²) in [4.78, 5) is 11.5. The van der Waals surface area contributed by atoms with Gasteiger partial charge in [0.15, 0.2) is 0 Å². The van der Waals surface area contributed by atoms with Crippen molar-refractivity contribution in [2.24, 2.45) is 18.7 Å². The number of rotatable bonds is 5. The number of aryl methyl sites for hydroxylation is 1. The standard InChI is InChI=1S/C10H19N5O/c1-7(2)9(11)10(16)12-5-4-8-14-13-6-15(8)3/h6-7,9H,4-5,11H2,1-3H3,(H,12,16)/t9-/m0/s1. The van der Waals surface area contributed by atoms with Crippen LogP contribution in [0.4, 0.5) is 0 Å². The molecule has 0 aliphatic carbocycles. The fourth-order valence-corrected chi connectivity index (χ4v) is 1.25. The second-order valence-electron chi connectivity index (χ2n) is 4.17. The lowest BCUT2D eigenvalue weighted by Crippen LogP contribution is -2.44. The van der Waals surface area contributed by atoms with Crippen LogP contribution in [0.1, 0.15) is 19.7 Å². The predicted molar refractivity (Wildman–Crippen MR) is 60.5 cm³/mol. The highest BCUT2D eigenvalue weighted by atomic mass is 16.2. The number of hydrogen-bond donors (Lipinski definition) is 2. The van der Waals surface area contributed by atoms with Gasteiger partial charge in [-0.05, 0) is 5.92 Å². The molecule has 1 atom stereocenters. The summed E-state index contributed by atoms with van der Waals surface area (Å²) >= 11 is 0. The zero-order chi connectivity index (χ0) is 12.1. The number of amides is 1. The normalized spacial score (nSPS) is 12.8. The van der Waals surface area contributed by atoms with E-state index in [0.717, 1.165) is 5.82 Å². The molecule has 1 aromatic rings. The van der Waals surface area contributed by atoms with Crippen molar-refractivity contribution in [2.45, 2.75) is 26.3 Å². The van der Waals surface area contributed by atoms with Gasteiger partial charge in [-0.2, -0.15) is 0 Å². The van der Waals surface area contributed by atoms with E-state index in [1.807, 2.05) is 25.5 Å². The molecule has 0 aliphatic rings. The molecule has 1 heterocycles. The third kappa shape index (κ3) is 3.30. The van der Waals surface area contributed by atoms with Crippen LogP contribution in [-0.4, -0.2) is 33.3 Å². The molecule has 0 fully saturated rings. The third-order valence-corrected chi connectivity index (χ3v) is 2.47. The summed E-state index contributed by atoms with van der Waals surface area (Å²) in [7, 11) is 1.87. The fraction of sp³-hybridized carbons (Fsp3) is 0.700. The smallest absolute Gasteiger partial charge is 0.237 e. The van der Waals surface area contributed by atoms with E-state index in [-0.39, 0.29) is 11.8 Å². The van der Waals surface area contributed by atoms with Gasteiger partial charge >= 0.3 is 0 Å². The van der Waals surface area contributed by atoms with Crippen LogP contribution in [0.3, 0.4) is 0 Å². The molecule has 0 bridgehead atoms. The molecule has 90 valence electrons. The molecule has 1 rings (SSSR count). The fourth-order valence-electron chi connectivity index (χ4n) is 1.25. The van der Waals surface area contributed by atoms with E-state index in [9.17, 15) is 4.79 Å². The summed E-state index contributed by atoms with van der Waals surface area (Å²) in [5.74, 6) is 0.880. The Morgan fingerprint density at radius 3 is 2.81 bits per heavy atom. The maximum Gasteiger partial charge on any atom is 0.237 e. The average molecular weight is 225 g/mol. The largest absolute Gasteiger partial charge is 0.354 e. The molecule has 6 nitrogen and oxygen atoms in total. The Hall–Kier alpha value is -1.43. The van der Waals surface area contributed by atoms with Gasteiger partial charge in [0.05, 0.1) is 6.04 Å². The van der Waals surface area contributed by atoms with Crippen LogP contribution in [0.2, 0.25) is 0 Å². The molecule has 0 saturated carbocycles. The average Bonchev–Trinajstić information content (AvgIpc) is 2.63. The number of nitrogens with two attached hydrogens (primary N) is 1. The van der Waals surface area contributed by atoms with Gasteiger partial charge in [0.25, 0.3) is 0 Å². The van der Waals surface area contributed by atoms with E-state index >= 15 is 0 Å². The number of nitrogens with zero attached hydrogens (tertiary/aromatic N) is 3. The summed E-state index contributed by atoms with van der Waals surface area (Å²) in [5, 5.41) is 10.5. The van der Waals surface area contributed by atoms with Gasteiger partial charge in [0.2, 0.25) is 5.91 Å². The Morgan fingerprint density at radius 2 is 2.31 bits per heavy atom. The lowest BCUT2D eigenvalue weighted by Gasteiger charge is -2.14. The van der Waals surface area contributed by atoms with Crippen LogP contribution >= 0.6 is 0 Å². The van der Waals surface area contributed by atoms with Crippen molar-refractivity contribution in [3.8, 4) is 0 Å². The van der Waals surface area contributed by atoms with Gasteiger partial charge in [-0.15, -0.1) is 10.2 Å². The summed E-state index contributed by atoms with van der Waals surface area (Å²) < 4.78 is 1.83. The minimum atomic E-state index is -0.445. The number of aromatic nitrogens is 3. The molecule has 3 N–H and O–H groups in total. The zero-order valence-electron chi connectivity index (χ0n) is 9.97. The third-order valence-electron chi connectivity index (χ3n) is 2.47. The van der Waals surface area contributed by atoms with Gasteiger partial charge < -0.3 is 15.6 Å². The predicted octanol–water partition coefficient (Wildman–Crippen LogP) is -0.543. The van der Waals surface area contributed by atoms with E-state index in [2.05, 4.69) is 15.5 Å². The van der Waals surface area contributed by atoms with Crippen molar-refractivity contribution in [2.75, 3.05) is 6.54 Å². The molecule has 1 amide bonds. The number of carbonyl (C=O) groups excluding carboxylic acids is 1. The highest BCUT2D eigenvalue weighted by Gasteiger charge is 2.16. The maximum atomic E-state index is 11.5. The van der Waals surface area contributed by atoms with Gasteiger partial charge in [-0.1, -0.05) is 13.8 Å². The molecule has 0 unspecified atom stereocenters. The van der Waals surface area contributed by atoms with Crippen molar-refractivity contribution in [1.29, 1.82) is 0 Å². The lowest BCUT2D eigenvalue weighted by molar-refractivity contribution is -0.123. The summed E-state index contributed by atoms with van der Waals surface area (Å²) in [6.07, 6.45) is 2.30. The molecule has 0 saturated heterocycles. The first kappa shape index (κ1) is 12.6. The van der Waals surface area contributed by atoms with Gasteiger partial charge in [-0.25, -0.2) is 0 Å². The van der Waals surface area contributed by atoms with Crippen LogP contribution in [0.25, 0.3) is 0 Å². The first-order chi connectivity index (χ1) is 7.52. The molecule has 1 aromatic heterocycles. The van der Waals surface area contributed by atoms with E-state index in [1.54, 1.807) is 6.33 Å². The first-order valence-corrected chi connectivity index (χ1v) is 5.38. The zero-order valence-corrected chi connectivity index (χ0v) is 9.97. The van der Waals surface area contributed by atoms with Crippen molar-refractivity contribution < 1.29 is 4.79 Å². The van der Waals surface area contributed by atoms with E-state index in [0.29, 0.717) is 13.0 Å². The number of nitrogens with one attached hydrogen (secondary N) is 1. The summed E-state index contributed by atoms with van der Waals surface area (Å²) in [6.45, 7) is 4.38. The molecule has 16 heavy (non-hydrogen) atoms. The van der Waals surface area contributed by atoms with Crippen LogP contribution < -0.4 is 11.1 Å². The minimum absolute atomic E-state index is 0.114. The molecule has 6 heteroatoms. The Balaban J connectivity index is 2.31. The topological polar surface area (TPSA) is 85.8 Å². The number of carbonyl (C=O) groups is 1. The molecule has 0 spiro atoms. The Kier molecular flexibility index (Phi) is 4.42. The van der Waals surface area contributed by atoms with Crippen molar-refractivity contribution >= 4 is 5.91 Å². The van der Waals surface area contributed by atoms with E-state index in [4.69, 9.17) is 5.73 Å². The Morgan fingerprint density at radius 1 is 1.62 bits per heavy atom. The Labute approximate surface area is 95.2 Å². The minimum Gasteiger partial charge on any atom is -0.354 e. The second-order valence-corrected chi connectivity index (χ2v) is 4.17. The van der Waals surface area contributed by atoms with Crippen molar-refractivity contribution in [3.63, 3.8) is 0 Å². The molecular formula is C10H19N5O. The summed E-state index contributed by atoms with van der Waals surface area (Å²) in [5.41, 5.74) is 5.70. The molecular weight excluding hydrogens is 206 g/mol. The summed E-state index contributed by atoms with van der Waals surface area (Å²) in [6, 6.07) is -0.445. The van der Waals surface area contributed by atoms with E-state index in [1.165, 1.54) is 0 Å². The molecule has 0 aromatic carbocycles. The number of hydrogen-bond acceptors (Lipinski definition) is 4. The quantitative estimate of drug-likeness (QED) is 0.704. The second kappa shape index (κ2) is 5.60. The van der Waals surface area contributed by atoms with Gasteiger partial charge in [-0.3, -0.25) is 4.79 Å². The van der Waals surface area contributed by atoms with Crippen molar-refractivity contribution in [1.82, 2.24) is 20.1 Å². The monoisotopic (exact) mass is 225 g/mol. The van der Waals surface area contributed by atoms with Gasteiger partial charge in [0.1, 0.15) is 12.2 Å². The van der Waals surface area contributed by atoms with Crippen LogP contribution in [0.5, 0.6) is 0 Å². The first-order valence-electron chi connectivity index (χ1n) is 5.38. The Bertz CT molecular complexity index is 347. The highest BCUT2D eigenvalue weighted by molar-refractivity contribution is 5.81. The van der Waals surface area contributed by atoms with Crippen LogP contribution in [-0.2, 0) is 18.3 Å². The molecule has 0 radical (unpaired) electrons. The van der Waals surface area contributed by atoms with E-state index < -0.39 is 6.04 Å². The van der Waals surface area contributed by atoms with Crippen molar-refractivity contribution in [3.05, 3.63) is 12.2 Å². The maximum absolute atomic E-state index is 11.5. The SMILES string of the molecule is CC(C)[C@H](N)C(=O)NCCc1nncn1C. The van der Waals surface area contributed by atoms with Gasteiger partial charge in [0, 0.05) is 20.0 Å². The highest BCUT2D eigenvalue weighted by Crippen LogP contribution is 1.98. The van der Waals surface area contributed by atoms with Crippen LogP contribution in [0, 0.1) is 5.92 Å². The lowest BCUT2D eigenvalue weighted by atomic mass is 10.1. The van der Waals surface area contributed by atoms with Crippen LogP contribution in [0.15, 0.2) is 6.33 Å². The molecule has 0 aliphatic heterocycles.